The summed E-state index contributed by atoms with van der Waals surface area (Å²) in [5.74, 6) is -0.0408. The van der Waals surface area contributed by atoms with Crippen LogP contribution in [0, 0.1) is 0 Å². The van der Waals surface area contributed by atoms with Crippen LogP contribution in [-0.4, -0.2) is 33.8 Å². The highest BCUT2D eigenvalue weighted by atomic mass is 16.3. The van der Waals surface area contributed by atoms with Crippen LogP contribution < -0.4 is 10.6 Å². The molecule has 168 valence electrons. The second kappa shape index (κ2) is 11.4. The molecule has 0 aliphatic rings. The Labute approximate surface area is 188 Å². The zero-order valence-electron chi connectivity index (χ0n) is 18.2. The van der Waals surface area contributed by atoms with E-state index in [4.69, 9.17) is 0 Å². The first-order valence-electron chi connectivity index (χ1n) is 10.7. The molecule has 0 spiro atoms. The quantitative estimate of drug-likeness (QED) is 0.337. The van der Waals surface area contributed by atoms with Crippen molar-refractivity contribution in [2.75, 3.05) is 11.9 Å². The van der Waals surface area contributed by atoms with Crippen LogP contribution in [0.4, 0.5) is 5.69 Å². The molecule has 3 aromatic rings. The summed E-state index contributed by atoms with van der Waals surface area (Å²) in [5, 5.41) is 35.6. The molecular weight excluding hydrogens is 404 g/mol. The number of nitrogens with one attached hydrogen (secondary N) is 2. The van der Waals surface area contributed by atoms with E-state index in [2.05, 4.69) is 10.6 Å². The van der Waals surface area contributed by atoms with Gasteiger partial charge in [-0.1, -0.05) is 48.5 Å². The summed E-state index contributed by atoms with van der Waals surface area (Å²) < 4.78 is 0. The predicted molar refractivity (Wildman–Crippen MR) is 125 cm³/mol. The number of amides is 1. The van der Waals surface area contributed by atoms with Gasteiger partial charge in [0.15, 0.2) is 0 Å². The smallest absolute Gasteiger partial charge is 0.228 e. The predicted octanol–water partition coefficient (Wildman–Crippen LogP) is 3.32. The fourth-order valence-electron chi connectivity index (χ4n) is 3.57. The highest BCUT2D eigenvalue weighted by Crippen LogP contribution is 2.22. The second-order valence-corrected chi connectivity index (χ2v) is 7.99. The van der Waals surface area contributed by atoms with Crippen LogP contribution in [0.1, 0.15) is 35.3 Å². The van der Waals surface area contributed by atoms with Crippen LogP contribution in [0.3, 0.4) is 0 Å². The van der Waals surface area contributed by atoms with E-state index in [0.717, 1.165) is 23.2 Å². The molecule has 5 N–H and O–H groups in total. The summed E-state index contributed by atoms with van der Waals surface area (Å²) in [7, 11) is 0. The highest BCUT2D eigenvalue weighted by Gasteiger charge is 2.13. The number of rotatable bonds is 10. The van der Waals surface area contributed by atoms with E-state index in [9.17, 15) is 20.1 Å². The van der Waals surface area contributed by atoms with Gasteiger partial charge >= 0.3 is 0 Å². The van der Waals surface area contributed by atoms with Crippen LogP contribution in [0.2, 0.25) is 0 Å². The monoisotopic (exact) mass is 434 g/mol. The molecule has 0 aromatic heterocycles. The molecule has 0 aliphatic carbocycles. The normalized spacial score (nSPS) is 12.8. The average molecular weight is 435 g/mol. The third-order valence-electron chi connectivity index (χ3n) is 5.27. The van der Waals surface area contributed by atoms with E-state index in [0.29, 0.717) is 24.1 Å². The summed E-state index contributed by atoms with van der Waals surface area (Å²) in [6.45, 7) is 2.10. The summed E-state index contributed by atoms with van der Waals surface area (Å²) >= 11 is 0. The molecule has 6 heteroatoms. The van der Waals surface area contributed by atoms with Gasteiger partial charge in [0.2, 0.25) is 5.91 Å². The third-order valence-corrected chi connectivity index (χ3v) is 5.27. The maximum atomic E-state index is 12.3. The van der Waals surface area contributed by atoms with Crippen LogP contribution in [-0.2, 0) is 24.2 Å². The SMILES string of the molecule is C[C@H](Cc1cccc(CC(=O)Nc2ccccc2)c1)NC[C@H](O)c1ccc(O)c(CO)c1. The van der Waals surface area contributed by atoms with Gasteiger partial charge in [0, 0.05) is 23.8 Å². The fraction of sp³-hybridized carbons (Fsp3) is 0.269. The van der Waals surface area contributed by atoms with Gasteiger partial charge in [0.05, 0.1) is 19.1 Å². The zero-order chi connectivity index (χ0) is 22.9. The van der Waals surface area contributed by atoms with E-state index < -0.39 is 6.10 Å². The van der Waals surface area contributed by atoms with Gasteiger partial charge in [0.1, 0.15) is 5.75 Å². The zero-order valence-corrected chi connectivity index (χ0v) is 18.2. The molecule has 2 atom stereocenters. The minimum atomic E-state index is -0.753. The van der Waals surface area contributed by atoms with Crippen LogP contribution in [0.25, 0.3) is 0 Å². The lowest BCUT2D eigenvalue weighted by Gasteiger charge is -2.18. The summed E-state index contributed by atoms with van der Waals surface area (Å²) in [5.41, 5.74) is 3.87. The topological polar surface area (TPSA) is 102 Å². The second-order valence-electron chi connectivity index (χ2n) is 7.99. The molecule has 0 fully saturated rings. The Morgan fingerprint density at radius 2 is 1.72 bits per heavy atom. The van der Waals surface area contributed by atoms with Gasteiger partial charge < -0.3 is 26.0 Å². The number of hydrogen-bond acceptors (Lipinski definition) is 5. The molecule has 3 aromatic carbocycles. The number of carbonyl (C=O) groups is 1. The number of para-hydroxylation sites is 1. The minimum absolute atomic E-state index is 0.0158. The number of aliphatic hydroxyl groups excluding tert-OH is 2. The van der Waals surface area contributed by atoms with Crippen molar-refractivity contribution in [1.29, 1.82) is 0 Å². The lowest BCUT2D eigenvalue weighted by molar-refractivity contribution is -0.115. The lowest BCUT2D eigenvalue weighted by Crippen LogP contribution is -2.32. The summed E-state index contributed by atoms with van der Waals surface area (Å²) in [6.07, 6.45) is 0.298. The van der Waals surface area contributed by atoms with E-state index in [1.807, 2.05) is 61.5 Å². The number of phenols is 1. The fourth-order valence-corrected chi connectivity index (χ4v) is 3.57. The standard InChI is InChI=1S/C26H30N2O4/c1-18(27-16-25(31)21-10-11-24(30)22(15-21)17-29)12-19-6-5-7-20(13-19)14-26(32)28-23-8-3-2-4-9-23/h2-11,13,15,18,25,27,29-31H,12,14,16-17H2,1H3,(H,28,32)/t18-,25+/m1/s1. The van der Waals surface area contributed by atoms with Gasteiger partial charge in [-0.3, -0.25) is 4.79 Å². The van der Waals surface area contributed by atoms with Crippen molar-refractivity contribution >= 4 is 11.6 Å². The van der Waals surface area contributed by atoms with Crippen molar-refractivity contribution in [2.45, 2.75) is 38.5 Å². The number of anilines is 1. The molecule has 0 saturated carbocycles. The van der Waals surface area contributed by atoms with Crippen molar-refractivity contribution in [1.82, 2.24) is 5.32 Å². The van der Waals surface area contributed by atoms with Crippen LogP contribution in [0.5, 0.6) is 5.75 Å². The van der Waals surface area contributed by atoms with Gasteiger partial charge in [-0.15, -0.1) is 0 Å². The molecule has 1 amide bonds. The van der Waals surface area contributed by atoms with Crippen LogP contribution >= 0.6 is 0 Å². The molecule has 0 saturated heterocycles. The Kier molecular flexibility index (Phi) is 8.39. The Balaban J connectivity index is 1.50. The van der Waals surface area contributed by atoms with E-state index in [-0.39, 0.29) is 24.3 Å². The highest BCUT2D eigenvalue weighted by molar-refractivity contribution is 5.92. The van der Waals surface area contributed by atoms with E-state index in [1.54, 1.807) is 12.1 Å². The first kappa shape index (κ1) is 23.5. The van der Waals surface area contributed by atoms with Crippen LogP contribution in [0.15, 0.2) is 72.8 Å². The molecule has 6 nitrogen and oxygen atoms in total. The summed E-state index contributed by atoms with van der Waals surface area (Å²) in [4.78, 5) is 12.3. The first-order chi connectivity index (χ1) is 15.4. The number of carbonyl (C=O) groups excluding carboxylic acids is 1. The Bertz CT molecular complexity index is 1020. The van der Waals surface area contributed by atoms with Gasteiger partial charge in [0.25, 0.3) is 0 Å². The average Bonchev–Trinajstić information content (AvgIpc) is 2.78. The lowest BCUT2D eigenvalue weighted by atomic mass is 10.0. The van der Waals surface area contributed by atoms with E-state index >= 15 is 0 Å². The molecule has 32 heavy (non-hydrogen) atoms. The van der Waals surface area contributed by atoms with E-state index in [1.165, 1.54) is 6.07 Å². The first-order valence-corrected chi connectivity index (χ1v) is 10.7. The van der Waals surface area contributed by atoms with Gasteiger partial charge in [-0.25, -0.2) is 0 Å². The largest absolute Gasteiger partial charge is 0.508 e. The molecule has 0 aliphatic heterocycles. The number of hydrogen-bond donors (Lipinski definition) is 5. The number of benzene rings is 3. The Hall–Kier alpha value is -3.19. The van der Waals surface area contributed by atoms with Crippen molar-refractivity contribution < 1.29 is 20.1 Å². The maximum Gasteiger partial charge on any atom is 0.228 e. The van der Waals surface area contributed by atoms with Crippen molar-refractivity contribution in [2.24, 2.45) is 0 Å². The van der Waals surface area contributed by atoms with Gasteiger partial charge in [-0.05, 0) is 54.3 Å². The maximum absolute atomic E-state index is 12.3. The number of aliphatic hydroxyl groups is 2. The molecule has 0 radical (unpaired) electrons. The molecule has 0 bridgehead atoms. The molecule has 3 rings (SSSR count). The Morgan fingerprint density at radius 3 is 2.47 bits per heavy atom. The van der Waals surface area contributed by atoms with Crippen molar-refractivity contribution in [3.8, 4) is 5.75 Å². The molecule has 0 heterocycles. The Morgan fingerprint density at radius 1 is 0.969 bits per heavy atom. The summed E-state index contributed by atoms with van der Waals surface area (Å²) in [6, 6.07) is 22.2. The minimum Gasteiger partial charge on any atom is -0.508 e. The van der Waals surface area contributed by atoms with Crippen molar-refractivity contribution in [3.63, 3.8) is 0 Å². The number of aromatic hydroxyl groups is 1. The third kappa shape index (κ3) is 6.92. The van der Waals surface area contributed by atoms with Gasteiger partial charge in [-0.2, -0.15) is 0 Å². The molecule has 0 unspecified atom stereocenters. The van der Waals surface area contributed by atoms with Crippen molar-refractivity contribution in [3.05, 3.63) is 95.1 Å². The molecular formula is C26H30N2O4.